The van der Waals surface area contributed by atoms with Gasteiger partial charge >= 0.3 is 0 Å². The van der Waals surface area contributed by atoms with E-state index >= 15 is 0 Å². The first-order valence-electron chi connectivity index (χ1n) is 11.5. The lowest BCUT2D eigenvalue weighted by Crippen LogP contribution is -2.50. The summed E-state index contributed by atoms with van der Waals surface area (Å²) in [6.07, 6.45) is 1.71. The fraction of sp³-hybridized carbons (Fsp3) is 0.423. The lowest BCUT2D eigenvalue weighted by molar-refractivity contribution is -0.132. The first-order chi connectivity index (χ1) is 15.8. The van der Waals surface area contributed by atoms with Gasteiger partial charge in [0.25, 0.3) is 5.91 Å². The fourth-order valence-electron chi connectivity index (χ4n) is 4.05. The molecule has 2 aromatic carbocycles. The molecule has 1 fully saturated rings. The van der Waals surface area contributed by atoms with Crippen molar-refractivity contribution in [1.82, 2.24) is 15.5 Å². The highest BCUT2D eigenvalue weighted by atomic mass is 35.5. The first kappa shape index (κ1) is 24.8. The molecule has 1 saturated heterocycles. The van der Waals surface area contributed by atoms with Gasteiger partial charge < -0.3 is 15.5 Å². The predicted octanol–water partition coefficient (Wildman–Crippen LogP) is 4.04. The molecule has 2 N–H and O–H groups in total. The van der Waals surface area contributed by atoms with Crippen LogP contribution in [-0.2, 0) is 16.1 Å². The molecule has 176 valence electrons. The molecular weight excluding hydrogens is 438 g/mol. The van der Waals surface area contributed by atoms with Crippen LogP contribution in [0, 0.1) is 11.8 Å². The molecule has 0 radical (unpaired) electrons. The summed E-state index contributed by atoms with van der Waals surface area (Å²) < 4.78 is 0. The zero-order valence-electron chi connectivity index (χ0n) is 19.2. The average molecular weight is 470 g/mol. The van der Waals surface area contributed by atoms with Crippen molar-refractivity contribution in [3.8, 4) is 0 Å². The van der Waals surface area contributed by atoms with Crippen LogP contribution in [0.2, 0.25) is 5.02 Å². The number of hydrogen-bond acceptors (Lipinski definition) is 3. The molecule has 2 aromatic rings. The van der Waals surface area contributed by atoms with Crippen molar-refractivity contribution >= 4 is 29.3 Å². The maximum absolute atomic E-state index is 13.0. The molecule has 7 heteroatoms. The summed E-state index contributed by atoms with van der Waals surface area (Å²) in [4.78, 5) is 40.2. The number of nitrogens with one attached hydrogen (secondary N) is 2. The van der Waals surface area contributed by atoms with Gasteiger partial charge in [0, 0.05) is 36.1 Å². The van der Waals surface area contributed by atoms with E-state index in [0.717, 1.165) is 5.56 Å². The lowest BCUT2D eigenvalue weighted by Gasteiger charge is -2.32. The third kappa shape index (κ3) is 7.06. The second-order valence-corrected chi connectivity index (χ2v) is 9.34. The van der Waals surface area contributed by atoms with Crippen LogP contribution in [0.1, 0.15) is 49.0 Å². The van der Waals surface area contributed by atoms with E-state index in [2.05, 4.69) is 10.6 Å². The predicted molar refractivity (Wildman–Crippen MR) is 130 cm³/mol. The van der Waals surface area contributed by atoms with Gasteiger partial charge in [-0.05, 0) is 48.9 Å². The van der Waals surface area contributed by atoms with Gasteiger partial charge in [-0.1, -0.05) is 61.8 Å². The summed E-state index contributed by atoms with van der Waals surface area (Å²) in [5, 5.41) is 6.46. The third-order valence-electron chi connectivity index (χ3n) is 5.92. The summed E-state index contributed by atoms with van der Waals surface area (Å²) in [7, 11) is 0. The van der Waals surface area contributed by atoms with Crippen LogP contribution in [0.3, 0.4) is 0 Å². The Labute approximate surface area is 200 Å². The van der Waals surface area contributed by atoms with Crippen LogP contribution in [0.4, 0.5) is 0 Å². The molecule has 1 heterocycles. The van der Waals surface area contributed by atoms with Gasteiger partial charge in [0.1, 0.15) is 6.04 Å². The van der Waals surface area contributed by atoms with Crippen LogP contribution in [0.5, 0.6) is 0 Å². The maximum atomic E-state index is 13.0. The van der Waals surface area contributed by atoms with Gasteiger partial charge in [0.05, 0.1) is 0 Å². The minimum Gasteiger partial charge on any atom is -0.350 e. The molecule has 1 aliphatic heterocycles. The van der Waals surface area contributed by atoms with Crippen LogP contribution < -0.4 is 10.6 Å². The summed E-state index contributed by atoms with van der Waals surface area (Å²) in [5.41, 5.74) is 1.49. The standard InChI is InChI=1S/C26H32ClN3O3/c1-18(2)16-23(25(32)28-17-21-10-6-7-11-22(21)27)29-24(31)19-12-14-30(15-13-19)26(33)20-8-4-3-5-9-20/h3-11,18-19,23H,12-17H2,1-2H3,(H,28,32)(H,29,31)/t23-/m0/s1. The van der Waals surface area contributed by atoms with Gasteiger partial charge in [-0.25, -0.2) is 0 Å². The molecule has 0 aliphatic carbocycles. The van der Waals surface area contributed by atoms with Crippen LogP contribution in [0.25, 0.3) is 0 Å². The van der Waals surface area contributed by atoms with E-state index in [1.54, 1.807) is 23.1 Å². The Morgan fingerprint density at radius 2 is 1.64 bits per heavy atom. The van der Waals surface area contributed by atoms with E-state index in [0.29, 0.717) is 49.5 Å². The zero-order chi connectivity index (χ0) is 23.8. The number of benzene rings is 2. The van der Waals surface area contributed by atoms with Gasteiger partial charge in [-0.3, -0.25) is 14.4 Å². The summed E-state index contributed by atoms with van der Waals surface area (Å²) in [6, 6.07) is 15.9. The number of carbonyl (C=O) groups excluding carboxylic acids is 3. The second kappa shape index (κ2) is 11.8. The quantitative estimate of drug-likeness (QED) is 0.612. The smallest absolute Gasteiger partial charge is 0.253 e. The SMILES string of the molecule is CC(C)C[C@H](NC(=O)C1CCN(C(=O)c2ccccc2)CC1)C(=O)NCc1ccccc1Cl. The van der Waals surface area contributed by atoms with E-state index in [1.165, 1.54) is 0 Å². The fourth-order valence-corrected chi connectivity index (χ4v) is 4.25. The van der Waals surface area contributed by atoms with Crippen molar-refractivity contribution in [1.29, 1.82) is 0 Å². The van der Waals surface area contributed by atoms with E-state index < -0.39 is 6.04 Å². The van der Waals surface area contributed by atoms with Crippen molar-refractivity contribution in [3.63, 3.8) is 0 Å². The Morgan fingerprint density at radius 3 is 2.27 bits per heavy atom. The molecule has 0 unspecified atom stereocenters. The number of carbonyl (C=O) groups is 3. The summed E-state index contributed by atoms with van der Waals surface area (Å²) >= 11 is 6.18. The van der Waals surface area contributed by atoms with E-state index in [-0.39, 0.29) is 29.6 Å². The van der Waals surface area contributed by atoms with Gasteiger partial charge in [-0.15, -0.1) is 0 Å². The van der Waals surface area contributed by atoms with Gasteiger partial charge in [-0.2, -0.15) is 0 Å². The number of hydrogen-bond donors (Lipinski definition) is 2. The first-order valence-corrected chi connectivity index (χ1v) is 11.9. The minimum atomic E-state index is -0.607. The summed E-state index contributed by atoms with van der Waals surface area (Å²) in [6.45, 7) is 5.41. The van der Waals surface area contributed by atoms with Crippen LogP contribution in [0.15, 0.2) is 54.6 Å². The monoisotopic (exact) mass is 469 g/mol. The van der Waals surface area contributed by atoms with Gasteiger partial charge in [0.15, 0.2) is 0 Å². The Kier molecular flexibility index (Phi) is 8.89. The number of amides is 3. The molecular formula is C26H32ClN3O3. The van der Waals surface area contributed by atoms with Crippen LogP contribution >= 0.6 is 11.6 Å². The number of nitrogens with zero attached hydrogens (tertiary/aromatic N) is 1. The Hall–Kier alpha value is -2.86. The molecule has 3 amide bonds. The zero-order valence-corrected chi connectivity index (χ0v) is 20.0. The minimum absolute atomic E-state index is 0.00825. The Bertz CT molecular complexity index is 956. The molecule has 3 rings (SSSR count). The highest BCUT2D eigenvalue weighted by Gasteiger charge is 2.30. The molecule has 1 aliphatic rings. The molecule has 1 atom stereocenters. The van der Waals surface area contributed by atoms with Crippen molar-refractivity contribution in [3.05, 3.63) is 70.7 Å². The van der Waals surface area contributed by atoms with E-state index in [9.17, 15) is 14.4 Å². The third-order valence-corrected chi connectivity index (χ3v) is 6.29. The number of piperidine rings is 1. The number of likely N-dealkylation sites (tertiary alicyclic amines) is 1. The molecule has 6 nitrogen and oxygen atoms in total. The second-order valence-electron chi connectivity index (χ2n) is 8.93. The van der Waals surface area contributed by atoms with E-state index in [4.69, 9.17) is 11.6 Å². The topological polar surface area (TPSA) is 78.5 Å². The highest BCUT2D eigenvalue weighted by Crippen LogP contribution is 2.20. The van der Waals surface area contributed by atoms with Crippen molar-refractivity contribution in [2.24, 2.45) is 11.8 Å². The van der Waals surface area contributed by atoms with Crippen LogP contribution in [-0.4, -0.2) is 41.8 Å². The normalized spacial score (nSPS) is 15.2. The Morgan fingerprint density at radius 1 is 1.00 bits per heavy atom. The summed E-state index contributed by atoms with van der Waals surface area (Å²) in [5.74, 6) is -0.317. The van der Waals surface area contributed by atoms with Crippen molar-refractivity contribution < 1.29 is 14.4 Å². The van der Waals surface area contributed by atoms with Gasteiger partial charge in [0.2, 0.25) is 11.8 Å². The number of rotatable bonds is 8. The highest BCUT2D eigenvalue weighted by molar-refractivity contribution is 6.31. The molecule has 0 spiro atoms. The largest absolute Gasteiger partial charge is 0.350 e. The average Bonchev–Trinajstić information content (AvgIpc) is 2.82. The maximum Gasteiger partial charge on any atom is 0.253 e. The van der Waals surface area contributed by atoms with Crippen molar-refractivity contribution in [2.75, 3.05) is 13.1 Å². The molecule has 0 saturated carbocycles. The number of halogens is 1. The van der Waals surface area contributed by atoms with E-state index in [1.807, 2.05) is 50.2 Å². The molecule has 0 bridgehead atoms. The molecule has 33 heavy (non-hydrogen) atoms. The Balaban J connectivity index is 1.54. The molecule has 0 aromatic heterocycles. The van der Waals surface area contributed by atoms with Crippen molar-refractivity contribution in [2.45, 2.75) is 45.7 Å². The lowest BCUT2D eigenvalue weighted by atomic mass is 9.94.